The fraction of sp³-hybridized carbons (Fsp3) is 0.316. The molecule has 0 unspecified atom stereocenters. The van der Waals surface area contributed by atoms with Gasteiger partial charge in [0.1, 0.15) is 5.82 Å². The predicted octanol–water partition coefficient (Wildman–Crippen LogP) is 3.25. The summed E-state index contributed by atoms with van der Waals surface area (Å²) in [5.74, 6) is 2.97. The molecule has 1 aliphatic heterocycles. The van der Waals surface area contributed by atoms with Gasteiger partial charge in [0.2, 0.25) is 5.82 Å². The highest BCUT2D eigenvalue weighted by atomic mass is 127. The lowest BCUT2D eigenvalue weighted by atomic mass is 10.2. The Labute approximate surface area is 175 Å². The third-order valence-corrected chi connectivity index (χ3v) is 4.36. The molecule has 0 saturated carbocycles. The number of aromatic amines is 1. The molecule has 0 amide bonds. The number of halogens is 1. The molecule has 27 heavy (non-hydrogen) atoms. The molecule has 7 nitrogen and oxygen atoms in total. The van der Waals surface area contributed by atoms with E-state index in [9.17, 15) is 0 Å². The highest BCUT2D eigenvalue weighted by Gasteiger charge is 2.22. The SMILES string of the molecule is CCNC(=NCCc1nc(-c2ccco2)n[nH]1)N1CCc2ccccc21.I. The number of benzene rings is 1. The van der Waals surface area contributed by atoms with Crippen molar-refractivity contribution in [3.8, 4) is 11.6 Å². The van der Waals surface area contributed by atoms with Crippen LogP contribution in [0.4, 0.5) is 5.69 Å². The smallest absolute Gasteiger partial charge is 0.216 e. The van der Waals surface area contributed by atoms with Crippen molar-refractivity contribution < 1.29 is 4.42 Å². The molecule has 2 N–H and O–H groups in total. The van der Waals surface area contributed by atoms with Crippen molar-refractivity contribution in [2.24, 2.45) is 4.99 Å². The second-order valence-corrected chi connectivity index (χ2v) is 6.10. The van der Waals surface area contributed by atoms with Crippen LogP contribution in [0.3, 0.4) is 0 Å². The van der Waals surface area contributed by atoms with Gasteiger partial charge >= 0.3 is 0 Å². The Morgan fingerprint density at radius 1 is 1.30 bits per heavy atom. The maximum Gasteiger partial charge on any atom is 0.216 e. The summed E-state index contributed by atoms with van der Waals surface area (Å²) < 4.78 is 5.32. The Hall–Kier alpha value is -2.36. The lowest BCUT2D eigenvalue weighted by Crippen LogP contribution is -2.40. The number of fused-ring (bicyclic) bond motifs is 1. The monoisotopic (exact) mass is 478 g/mol. The highest BCUT2D eigenvalue weighted by molar-refractivity contribution is 14.0. The van der Waals surface area contributed by atoms with E-state index in [2.05, 4.69) is 56.6 Å². The van der Waals surface area contributed by atoms with E-state index in [1.165, 1.54) is 11.3 Å². The number of para-hydroxylation sites is 1. The number of H-pyrrole nitrogens is 1. The summed E-state index contributed by atoms with van der Waals surface area (Å²) in [4.78, 5) is 11.5. The zero-order valence-electron chi connectivity index (χ0n) is 15.2. The van der Waals surface area contributed by atoms with Crippen molar-refractivity contribution in [3.05, 3.63) is 54.0 Å². The van der Waals surface area contributed by atoms with Crippen LogP contribution < -0.4 is 10.2 Å². The fourth-order valence-electron chi connectivity index (χ4n) is 3.14. The number of nitrogens with one attached hydrogen (secondary N) is 2. The van der Waals surface area contributed by atoms with Crippen LogP contribution in [0.25, 0.3) is 11.6 Å². The first-order valence-corrected chi connectivity index (χ1v) is 8.94. The van der Waals surface area contributed by atoms with Crippen LogP contribution in [0, 0.1) is 0 Å². The molecular weight excluding hydrogens is 455 g/mol. The van der Waals surface area contributed by atoms with Crippen LogP contribution in [0.1, 0.15) is 18.3 Å². The minimum Gasteiger partial charge on any atom is -0.461 e. The van der Waals surface area contributed by atoms with E-state index in [0.717, 1.165) is 31.3 Å². The molecule has 3 aromatic rings. The first kappa shape index (κ1) is 19.4. The van der Waals surface area contributed by atoms with Gasteiger partial charge in [-0.1, -0.05) is 18.2 Å². The van der Waals surface area contributed by atoms with Gasteiger partial charge in [0.25, 0.3) is 0 Å². The Morgan fingerprint density at radius 3 is 3.00 bits per heavy atom. The zero-order valence-corrected chi connectivity index (χ0v) is 17.5. The van der Waals surface area contributed by atoms with Crippen LogP contribution in [-0.2, 0) is 12.8 Å². The number of aliphatic imine (C=N–C) groups is 1. The third kappa shape index (κ3) is 4.32. The largest absolute Gasteiger partial charge is 0.461 e. The van der Waals surface area contributed by atoms with Crippen LogP contribution >= 0.6 is 24.0 Å². The van der Waals surface area contributed by atoms with E-state index in [-0.39, 0.29) is 24.0 Å². The minimum absolute atomic E-state index is 0. The van der Waals surface area contributed by atoms with Gasteiger partial charge in [0.15, 0.2) is 11.7 Å². The number of hydrogen-bond donors (Lipinski definition) is 2. The summed E-state index contributed by atoms with van der Waals surface area (Å²) in [6.07, 6.45) is 3.36. The van der Waals surface area contributed by atoms with Crippen molar-refractivity contribution in [3.63, 3.8) is 0 Å². The molecule has 0 bridgehead atoms. The van der Waals surface area contributed by atoms with Gasteiger partial charge in [-0.3, -0.25) is 10.1 Å². The number of anilines is 1. The molecule has 1 aliphatic rings. The number of aromatic nitrogens is 3. The second-order valence-electron chi connectivity index (χ2n) is 6.10. The average Bonchev–Trinajstić information content (AvgIpc) is 3.40. The van der Waals surface area contributed by atoms with E-state index >= 15 is 0 Å². The van der Waals surface area contributed by atoms with Crippen LogP contribution in [0.2, 0.25) is 0 Å². The standard InChI is InChI=1S/C19H22N6O.HI/c1-2-20-19(25-12-10-14-6-3-4-7-15(14)25)21-11-9-17-22-18(24-23-17)16-8-5-13-26-16;/h3-8,13H,2,9-12H2,1H3,(H,20,21)(H,22,23,24);1H. The lowest BCUT2D eigenvalue weighted by Gasteiger charge is -2.22. The highest BCUT2D eigenvalue weighted by Crippen LogP contribution is 2.27. The van der Waals surface area contributed by atoms with Gasteiger partial charge in [0.05, 0.1) is 6.26 Å². The van der Waals surface area contributed by atoms with Crippen molar-refractivity contribution in [1.82, 2.24) is 20.5 Å². The first-order chi connectivity index (χ1) is 12.8. The van der Waals surface area contributed by atoms with Crippen molar-refractivity contribution in [1.29, 1.82) is 0 Å². The fourth-order valence-corrected chi connectivity index (χ4v) is 3.14. The molecular formula is C19H23IN6O. The van der Waals surface area contributed by atoms with Gasteiger partial charge in [-0.05, 0) is 37.1 Å². The van der Waals surface area contributed by atoms with E-state index in [0.29, 0.717) is 24.6 Å². The van der Waals surface area contributed by atoms with Crippen molar-refractivity contribution >= 4 is 35.6 Å². The average molecular weight is 478 g/mol. The summed E-state index contributed by atoms with van der Waals surface area (Å²) in [5.41, 5.74) is 2.61. The number of furan rings is 1. The number of hydrogen-bond acceptors (Lipinski definition) is 4. The van der Waals surface area contributed by atoms with Crippen LogP contribution in [0.5, 0.6) is 0 Å². The van der Waals surface area contributed by atoms with Gasteiger partial charge < -0.3 is 14.6 Å². The van der Waals surface area contributed by atoms with E-state index < -0.39 is 0 Å². The van der Waals surface area contributed by atoms with Crippen LogP contribution in [0.15, 0.2) is 52.1 Å². The molecule has 0 fully saturated rings. The number of nitrogens with zero attached hydrogens (tertiary/aromatic N) is 4. The summed E-state index contributed by atoms with van der Waals surface area (Å²) in [7, 11) is 0. The molecule has 0 spiro atoms. The normalized spacial score (nSPS) is 13.4. The molecule has 2 aromatic heterocycles. The molecule has 8 heteroatoms. The maximum absolute atomic E-state index is 5.32. The summed E-state index contributed by atoms with van der Waals surface area (Å²) in [6.45, 7) is 4.51. The molecule has 0 radical (unpaired) electrons. The first-order valence-electron chi connectivity index (χ1n) is 8.94. The summed E-state index contributed by atoms with van der Waals surface area (Å²) >= 11 is 0. The van der Waals surface area contributed by atoms with Gasteiger partial charge in [-0.25, -0.2) is 4.98 Å². The summed E-state index contributed by atoms with van der Waals surface area (Å²) in [5, 5.41) is 10.6. The quantitative estimate of drug-likeness (QED) is 0.334. The molecule has 0 aliphatic carbocycles. The minimum atomic E-state index is 0. The number of guanidine groups is 1. The number of rotatable bonds is 5. The Balaban J connectivity index is 0.00000210. The molecule has 1 aromatic carbocycles. The Kier molecular flexibility index (Phi) is 6.49. The van der Waals surface area contributed by atoms with Gasteiger partial charge in [0, 0.05) is 31.7 Å². The van der Waals surface area contributed by atoms with Gasteiger partial charge in [-0.15, -0.1) is 24.0 Å². The van der Waals surface area contributed by atoms with Gasteiger partial charge in [-0.2, -0.15) is 5.10 Å². The van der Waals surface area contributed by atoms with Crippen molar-refractivity contribution in [2.75, 3.05) is 24.5 Å². The van der Waals surface area contributed by atoms with Crippen LogP contribution in [-0.4, -0.2) is 40.8 Å². The summed E-state index contributed by atoms with van der Waals surface area (Å²) in [6, 6.07) is 12.2. The predicted molar refractivity (Wildman–Crippen MR) is 117 cm³/mol. The maximum atomic E-state index is 5.32. The molecule has 3 heterocycles. The Bertz CT molecular complexity index is 889. The van der Waals surface area contributed by atoms with E-state index in [1.807, 2.05) is 12.1 Å². The third-order valence-electron chi connectivity index (χ3n) is 4.36. The van der Waals surface area contributed by atoms with E-state index in [4.69, 9.17) is 9.41 Å². The van der Waals surface area contributed by atoms with Crippen molar-refractivity contribution in [2.45, 2.75) is 19.8 Å². The molecule has 4 rings (SSSR count). The molecule has 0 saturated heterocycles. The Morgan fingerprint density at radius 2 is 2.19 bits per heavy atom. The molecule has 142 valence electrons. The van der Waals surface area contributed by atoms with E-state index in [1.54, 1.807) is 6.26 Å². The second kappa shape index (κ2) is 9.03. The topological polar surface area (TPSA) is 82.3 Å². The lowest BCUT2D eigenvalue weighted by molar-refractivity contribution is 0.577. The molecule has 0 atom stereocenters. The zero-order chi connectivity index (χ0) is 17.8.